The van der Waals surface area contributed by atoms with Gasteiger partial charge in [0.25, 0.3) is 0 Å². The van der Waals surface area contributed by atoms with E-state index in [1.54, 1.807) is 43.7 Å². The maximum atomic E-state index is 13.3. The molecule has 0 saturated carbocycles. The standard InChI is InChI=1S/C12H13F5N2O3.C6H6O/c1-4(2)21-12(20)5(3)18-19-22-11-9(16)7(14)6(13)8(15)10(11)17;7-6-4-2-1-3-5-6/h4-5,18-19H,1-3H3;1-5,7H/t5-;/m1./s1. The van der Waals surface area contributed by atoms with E-state index in [0.717, 1.165) is 0 Å². The summed E-state index contributed by atoms with van der Waals surface area (Å²) in [4.78, 5) is 15.6. The highest BCUT2D eigenvalue weighted by Crippen LogP contribution is 2.28. The van der Waals surface area contributed by atoms with Crippen molar-refractivity contribution in [2.45, 2.75) is 32.9 Å². The molecule has 0 aromatic heterocycles. The van der Waals surface area contributed by atoms with Crippen molar-refractivity contribution in [3.05, 3.63) is 59.4 Å². The second-order valence-corrected chi connectivity index (χ2v) is 5.79. The number of halogens is 5. The third-order valence-corrected chi connectivity index (χ3v) is 3.06. The Morgan fingerprint density at radius 2 is 1.38 bits per heavy atom. The SMILES string of the molecule is CC(C)OC(=O)[C@@H](C)NNOc1c(F)c(F)c(F)c(F)c1F.Oc1ccccc1. The van der Waals surface area contributed by atoms with Gasteiger partial charge >= 0.3 is 5.97 Å². The molecule has 0 fully saturated rings. The fraction of sp³-hybridized carbons (Fsp3) is 0.278. The summed E-state index contributed by atoms with van der Waals surface area (Å²) in [7, 11) is 0. The quantitative estimate of drug-likeness (QED) is 0.217. The summed E-state index contributed by atoms with van der Waals surface area (Å²) >= 11 is 0. The van der Waals surface area contributed by atoms with E-state index >= 15 is 0 Å². The molecule has 2 rings (SSSR count). The van der Waals surface area contributed by atoms with E-state index < -0.39 is 53.0 Å². The first-order valence-corrected chi connectivity index (χ1v) is 8.19. The number of hydrogen-bond donors (Lipinski definition) is 3. The Kier molecular flexibility index (Phi) is 9.29. The minimum absolute atomic E-state index is 0.322. The molecule has 0 spiro atoms. The van der Waals surface area contributed by atoms with Crippen molar-refractivity contribution < 1.29 is 41.4 Å². The minimum Gasteiger partial charge on any atom is -0.508 e. The van der Waals surface area contributed by atoms with E-state index in [1.807, 2.05) is 6.07 Å². The Morgan fingerprint density at radius 3 is 1.79 bits per heavy atom. The van der Waals surface area contributed by atoms with Gasteiger partial charge in [0.05, 0.1) is 6.10 Å². The normalized spacial score (nSPS) is 11.5. The van der Waals surface area contributed by atoms with Gasteiger partial charge in [0, 0.05) is 0 Å². The highest BCUT2D eigenvalue weighted by Gasteiger charge is 2.27. The van der Waals surface area contributed by atoms with Crippen molar-refractivity contribution in [3.8, 4) is 11.5 Å². The molecule has 3 N–H and O–H groups in total. The van der Waals surface area contributed by atoms with Crippen LogP contribution in [-0.2, 0) is 9.53 Å². The summed E-state index contributed by atoms with van der Waals surface area (Å²) in [6, 6.07) is 7.70. The molecule has 0 heterocycles. The zero-order valence-electron chi connectivity index (χ0n) is 15.6. The number of nitrogens with one attached hydrogen (secondary N) is 2. The smallest absolute Gasteiger partial charge is 0.324 e. The summed E-state index contributed by atoms with van der Waals surface area (Å²) in [5, 5.41) is 8.63. The number of hydrogen-bond acceptors (Lipinski definition) is 6. The summed E-state index contributed by atoms with van der Waals surface area (Å²) in [6.07, 6.45) is -0.396. The van der Waals surface area contributed by atoms with Crippen molar-refractivity contribution in [3.63, 3.8) is 0 Å². The maximum Gasteiger partial charge on any atom is 0.324 e. The number of carbonyl (C=O) groups is 1. The van der Waals surface area contributed by atoms with Gasteiger partial charge in [-0.05, 0) is 32.9 Å². The zero-order valence-corrected chi connectivity index (χ0v) is 15.6. The van der Waals surface area contributed by atoms with Gasteiger partial charge in [-0.3, -0.25) is 4.79 Å². The predicted octanol–water partition coefficient (Wildman–Crippen LogP) is 3.50. The molecule has 0 amide bonds. The molecule has 0 aliphatic carbocycles. The second-order valence-electron chi connectivity index (χ2n) is 5.79. The third-order valence-electron chi connectivity index (χ3n) is 3.06. The molecule has 2 aromatic rings. The molecule has 160 valence electrons. The summed E-state index contributed by atoms with van der Waals surface area (Å²) in [6.45, 7) is 4.52. The molecule has 1 atom stereocenters. The van der Waals surface area contributed by atoms with Crippen LogP contribution in [0, 0.1) is 29.1 Å². The Bertz CT molecular complexity index is 793. The highest BCUT2D eigenvalue weighted by atomic mass is 19.2. The topological polar surface area (TPSA) is 79.8 Å². The summed E-state index contributed by atoms with van der Waals surface area (Å²) in [5.74, 6) is -12.8. The minimum atomic E-state index is -2.30. The monoisotopic (exact) mass is 422 g/mol. The maximum absolute atomic E-state index is 13.3. The van der Waals surface area contributed by atoms with Gasteiger partial charge in [-0.15, -0.1) is 0 Å². The van der Waals surface area contributed by atoms with Crippen molar-refractivity contribution in [1.29, 1.82) is 0 Å². The van der Waals surface area contributed by atoms with Gasteiger partial charge in [0.2, 0.25) is 34.8 Å². The zero-order chi connectivity index (χ0) is 22.1. The first-order chi connectivity index (χ1) is 13.6. The lowest BCUT2D eigenvalue weighted by Gasteiger charge is -2.16. The third kappa shape index (κ3) is 7.20. The highest BCUT2D eigenvalue weighted by molar-refractivity contribution is 5.75. The number of phenolic OH excluding ortho intramolecular Hbond substituents is 1. The molecule has 6 nitrogen and oxygen atoms in total. The molecule has 11 heteroatoms. The first-order valence-electron chi connectivity index (χ1n) is 8.19. The summed E-state index contributed by atoms with van der Waals surface area (Å²) in [5.41, 5.74) is 3.85. The van der Waals surface area contributed by atoms with Gasteiger partial charge in [-0.1, -0.05) is 23.8 Å². The predicted molar refractivity (Wildman–Crippen MR) is 91.9 cm³/mol. The number of hydrazine groups is 1. The Balaban J connectivity index is 0.000000502. The van der Waals surface area contributed by atoms with Gasteiger partial charge in [-0.2, -0.15) is 8.78 Å². The van der Waals surface area contributed by atoms with E-state index in [-0.39, 0.29) is 0 Å². The number of para-hydroxylation sites is 1. The number of carbonyl (C=O) groups excluding carboxylic acids is 1. The second kappa shape index (κ2) is 11.2. The average Bonchev–Trinajstić information content (AvgIpc) is 2.68. The van der Waals surface area contributed by atoms with Crippen molar-refractivity contribution >= 4 is 5.97 Å². The van der Waals surface area contributed by atoms with E-state index in [4.69, 9.17) is 9.84 Å². The van der Waals surface area contributed by atoms with Gasteiger partial charge in [0.1, 0.15) is 11.8 Å². The number of ether oxygens (including phenoxy) is 1. The summed E-state index contributed by atoms with van der Waals surface area (Å²) < 4.78 is 69.9. The molecular formula is C18H19F5N2O4. The number of esters is 1. The van der Waals surface area contributed by atoms with Gasteiger partial charge in [0.15, 0.2) is 0 Å². The lowest BCUT2D eigenvalue weighted by atomic mass is 10.3. The van der Waals surface area contributed by atoms with Gasteiger partial charge in [-0.25, -0.2) is 18.6 Å². The van der Waals surface area contributed by atoms with Crippen molar-refractivity contribution in [1.82, 2.24) is 11.0 Å². The number of rotatable bonds is 6. The molecule has 29 heavy (non-hydrogen) atoms. The fourth-order valence-electron chi connectivity index (χ4n) is 1.66. The van der Waals surface area contributed by atoms with Gasteiger partial charge < -0.3 is 14.7 Å². The molecule has 0 bridgehead atoms. The van der Waals surface area contributed by atoms with Crippen LogP contribution in [0.3, 0.4) is 0 Å². The number of phenols is 1. The van der Waals surface area contributed by atoms with Crippen LogP contribution in [0.5, 0.6) is 11.5 Å². The Morgan fingerprint density at radius 1 is 0.897 bits per heavy atom. The van der Waals surface area contributed by atoms with Crippen molar-refractivity contribution in [2.24, 2.45) is 0 Å². The molecule has 0 aliphatic heterocycles. The van der Waals surface area contributed by atoms with Crippen LogP contribution in [0.4, 0.5) is 22.0 Å². The molecular weight excluding hydrogens is 403 g/mol. The van der Waals surface area contributed by atoms with E-state index in [0.29, 0.717) is 5.75 Å². The fourth-order valence-corrected chi connectivity index (χ4v) is 1.66. The Labute approximate surface area is 163 Å². The lowest BCUT2D eigenvalue weighted by molar-refractivity contribution is -0.150. The van der Waals surface area contributed by atoms with Crippen LogP contribution >= 0.6 is 0 Å². The van der Waals surface area contributed by atoms with Crippen LogP contribution in [0.2, 0.25) is 0 Å². The largest absolute Gasteiger partial charge is 0.508 e. The van der Waals surface area contributed by atoms with E-state index in [1.165, 1.54) is 6.92 Å². The van der Waals surface area contributed by atoms with Crippen LogP contribution in [0.1, 0.15) is 20.8 Å². The number of benzene rings is 2. The van der Waals surface area contributed by atoms with Crippen LogP contribution in [0.15, 0.2) is 30.3 Å². The Hall–Kier alpha value is -2.92. The number of aromatic hydroxyl groups is 1. The van der Waals surface area contributed by atoms with Crippen molar-refractivity contribution in [2.75, 3.05) is 0 Å². The average molecular weight is 422 g/mol. The first kappa shape index (κ1) is 24.1. The molecule has 0 unspecified atom stereocenters. The van der Waals surface area contributed by atoms with E-state index in [2.05, 4.69) is 10.3 Å². The van der Waals surface area contributed by atoms with Crippen LogP contribution < -0.4 is 15.9 Å². The molecule has 2 aromatic carbocycles. The van der Waals surface area contributed by atoms with Crippen LogP contribution in [-0.4, -0.2) is 23.2 Å². The van der Waals surface area contributed by atoms with Crippen LogP contribution in [0.25, 0.3) is 0 Å². The lowest BCUT2D eigenvalue weighted by Crippen LogP contribution is -2.46. The van der Waals surface area contributed by atoms with E-state index in [9.17, 15) is 26.7 Å². The molecule has 0 radical (unpaired) electrons. The molecule has 0 saturated heterocycles. The molecule has 0 aliphatic rings.